The normalized spacial score (nSPS) is 28.4. The van der Waals surface area contributed by atoms with Crippen molar-refractivity contribution in [3.63, 3.8) is 0 Å². The Morgan fingerprint density at radius 3 is 2.82 bits per heavy atom. The number of rotatable bonds is 3. The molecule has 1 saturated carbocycles. The zero-order chi connectivity index (χ0) is 12.5. The van der Waals surface area contributed by atoms with Crippen LogP contribution in [0, 0.1) is 13.8 Å². The fraction of sp³-hybridized carbons (Fsp3) is 0.571. The first kappa shape index (κ1) is 12.4. The summed E-state index contributed by atoms with van der Waals surface area (Å²) in [5.74, 6) is 0.933. The first-order chi connectivity index (χ1) is 8.02. The van der Waals surface area contributed by atoms with E-state index in [1.807, 2.05) is 6.07 Å². The van der Waals surface area contributed by atoms with Crippen LogP contribution in [0.1, 0.15) is 30.4 Å². The summed E-state index contributed by atoms with van der Waals surface area (Å²) in [6.45, 7) is 4.17. The van der Waals surface area contributed by atoms with Gasteiger partial charge in [-0.05, 0) is 38.3 Å². The minimum atomic E-state index is -0.441. The van der Waals surface area contributed by atoms with E-state index < -0.39 is 5.54 Å². The molecule has 3 N–H and O–H groups in total. The highest BCUT2D eigenvalue weighted by Gasteiger charge is 2.36. The molecular weight excluding hydrogens is 214 g/mol. The Labute approximate surface area is 103 Å². The van der Waals surface area contributed by atoms with Crippen LogP contribution in [0.5, 0.6) is 5.75 Å². The van der Waals surface area contributed by atoms with E-state index in [9.17, 15) is 5.11 Å². The predicted octanol–water partition coefficient (Wildman–Crippen LogP) is 1.92. The van der Waals surface area contributed by atoms with Crippen LogP contribution < -0.4 is 10.5 Å². The zero-order valence-electron chi connectivity index (χ0n) is 10.6. The van der Waals surface area contributed by atoms with Gasteiger partial charge in [-0.2, -0.15) is 0 Å². The largest absolute Gasteiger partial charge is 0.490 e. The van der Waals surface area contributed by atoms with Gasteiger partial charge in [0.25, 0.3) is 0 Å². The molecule has 3 nitrogen and oxygen atoms in total. The molecule has 1 aromatic rings. The minimum Gasteiger partial charge on any atom is -0.490 e. The highest BCUT2D eigenvalue weighted by Crippen LogP contribution is 2.31. The van der Waals surface area contributed by atoms with Crippen LogP contribution >= 0.6 is 0 Å². The molecule has 2 atom stereocenters. The van der Waals surface area contributed by atoms with Gasteiger partial charge in [-0.1, -0.05) is 17.7 Å². The van der Waals surface area contributed by atoms with E-state index >= 15 is 0 Å². The number of benzene rings is 1. The lowest BCUT2D eigenvalue weighted by Gasteiger charge is -2.21. The molecule has 0 aliphatic heterocycles. The minimum absolute atomic E-state index is 0.0414. The van der Waals surface area contributed by atoms with Gasteiger partial charge in [-0.3, -0.25) is 0 Å². The highest BCUT2D eigenvalue weighted by molar-refractivity contribution is 5.35. The lowest BCUT2D eigenvalue weighted by molar-refractivity contribution is 0.165. The number of aryl methyl sites for hydroxylation is 2. The molecule has 0 spiro atoms. The van der Waals surface area contributed by atoms with E-state index in [0.29, 0.717) is 0 Å². The SMILES string of the molecule is Cc1ccc(OC2CCC(N)(CO)C2)c(C)c1. The second-order valence-corrected chi connectivity index (χ2v) is 5.27. The lowest BCUT2D eigenvalue weighted by Crippen LogP contribution is -2.41. The van der Waals surface area contributed by atoms with Crippen molar-refractivity contribution < 1.29 is 9.84 Å². The predicted molar refractivity (Wildman–Crippen MR) is 68.2 cm³/mol. The standard InChI is InChI=1S/C14H21NO2/c1-10-3-4-13(11(2)7-10)17-12-5-6-14(15,8-12)9-16/h3-4,7,12,16H,5-6,8-9,15H2,1-2H3. The number of hydrogen-bond donors (Lipinski definition) is 2. The second-order valence-electron chi connectivity index (χ2n) is 5.27. The van der Waals surface area contributed by atoms with Crippen molar-refractivity contribution in [3.05, 3.63) is 29.3 Å². The zero-order valence-corrected chi connectivity index (χ0v) is 10.6. The van der Waals surface area contributed by atoms with E-state index in [1.165, 1.54) is 5.56 Å². The number of aliphatic hydroxyl groups is 1. The summed E-state index contributed by atoms with van der Waals surface area (Å²) in [4.78, 5) is 0. The summed E-state index contributed by atoms with van der Waals surface area (Å²) in [7, 11) is 0. The second kappa shape index (κ2) is 4.67. The van der Waals surface area contributed by atoms with Crippen LogP contribution in [0.25, 0.3) is 0 Å². The maximum atomic E-state index is 9.22. The number of ether oxygens (including phenoxy) is 1. The molecule has 2 unspecified atom stereocenters. The van der Waals surface area contributed by atoms with Gasteiger partial charge in [0.05, 0.1) is 6.61 Å². The van der Waals surface area contributed by atoms with Crippen molar-refractivity contribution >= 4 is 0 Å². The Kier molecular flexibility index (Phi) is 3.40. The van der Waals surface area contributed by atoms with E-state index in [-0.39, 0.29) is 12.7 Å². The molecule has 0 amide bonds. The van der Waals surface area contributed by atoms with Crippen LogP contribution in [0.3, 0.4) is 0 Å². The molecule has 0 aromatic heterocycles. The maximum absolute atomic E-state index is 9.22. The highest BCUT2D eigenvalue weighted by atomic mass is 16.5. The molecule has 0 heterocycles. The molecular formula is C14H21NO2. The van der Waals surface area contributed by atoms with Crippen LogP contribution in [0.15, 0.2) is 18.2 Å². The van der Waals surface area contributed by atoms with Crippen molar-refractivity contribution in [1.29, 1.82) is 0 Å². The van der Waals surface area contributed by atoms with Crippen molar-refractivity contribution in [2.24, 2.45) is 5.73 Å². The Morgan fingerprint density at radius 1 is 1.47 bits per heavy atom. The fourth-order valence-electron chi connectivity index (χ4n) is 2.46. The Bertz CT molecular complexity index is 405. The molecule has 1 fully saturated rings. The van der Waals surface area contributed by atoms with Gasteiger partial charge in [-0.25, -0.2) is 0 Å². The van der Waals surface area contributed by atoms with E-state index in [0.717, 1.165) is 30.6 Å². The van der Waals surface area contributed by atoms with E-state index in [2.05, 4.69) is 26.0 Å². The molecule has 0 bridgehead atoms. The summed E-state index contributed by atoms with van der Waals surface area (Å²) in [6, 6.07) is 6.19. The molecule has 94 valence electrons. The number of nitrogens with two attached hydrogens (primary N) is 1. The summed E-state index contributed by atoms with van der Waals surface area (Å²) in [5.41, 5.74) is 7.99. The smallest absolute Gasteiger partial charge is 0.122 e. The number of hydrogen-bond acceptors (Lipinski definition) is 3. The van der Waals surface area contributed by atoms with Crippen LogP contribution in [-0.2, 0) is 0 Å². The monoisotopic (exact) mass is 235 g/mol. The molecule has 1 aromatic carbocycles. The molecule has 1 aliphatic rings. The van der Waals surface area contributed by atoms with Gasteiger partial charge < -0.3 is 15.6 Å². The molecule has 17 heavy (non-hydrogen) atoms. The van der Waals surface area contributed by atoms with Gasteiger partial charge >= 0.3 is 0 Å². The maximum Gasteiger partial charge on any atom is 0.122 e. The van der Waals surface area contributed by atoms with Crippen molar-refractivity contribution in [3.8, 4) is 5.75 Å². The molecule has 0 radical (unpaired) electrons. The third kappa shape index (κ3) is 2.79. The van der Waals surface area contributed by atoms with Crippen LogP contribution in [-0.4, -0.2) is 23.4 Å². The Hall–Kier alpha value is -1.06. The average Bonchev–Trinajstić information content (AvgIpc) is 2.66. The molecule has 1 aliphatic carbocycles. The van der Waals surface area contributed by atoms with E-state index in [4.69, 9.17) is 10.5 Å². The van der Waals surface area contributed by atoms with Gasteiger partial charge in [0.2, 0.25) is 0 Å². The first-order valence-electron chi connectivity index (χ1n) is 6.16. The van der Waals surface area contributed by atoms with Crippen LogP contribution in [0.4, 0.5) is 0 Å². The van der Waals surface area contributed by atoms with Gasteiger partial charge in [0.15, 0.2) is 0 Å². The van der Waals surface area contributed by atoms with Crippen LogP contribution in [0.2, 0.25) is 0 Å². The van der Waals surface area contributed by atoms with E-state index in [1.54, 1.807) is 0 Å². The summed E-state index contributed by atoms with van der Waals surface area (Å²) < 4.78 is 5.97. The van der Waals surface area contributed by atoms with Crippen molar-refractivity contribution in [2.45, 2.75) is 44.8 Å². The van der Waals surface area contributed by atoms with Gasteiger partial charge in [0.1, 0.15) is 11.9 Å². The average molecular weight is 235 g/mol. The first-order valence-corrected chi connectivity index (χ1v) is 6.16. The summed E-state index contributed by atoms with van der Waals surface area (Å²) in [5, 5.41) is 9.22. The van der Waals surface area contributed by atoms with Crippen molar-refractivity contribution in [2.75, 3.05) is 6.61 Å². The molecule has 3 heteroatoms. The van der Waals surface area contributed by atoms with Crippen molar-refractivity contribution in [1.82, 2.24) is 0 Å². The summed E-state index contributed by atoms with van der Waals surface area (Å²) >= 11 is 0. The topological polar surface area (TPSA) is 55.5 Å². The Balaban J connectivity index is 2.03. The lowest BCUT2D eigenvalue weighted by atomic mass is 10.0. The quantitative estimate of drug-likeness (QED) is 0.841. The third-order valence-corrected chi connectivity index (χ3v) is 3.54. The molecule has 0 saturated heterocycles. The van der Waals surface area contributed by atoms with Gasteiger partial charge in [0, 0.05) is 12.0 Å². The van der Waals surface area contributed by atoms with Gasteiger partial charge in [-0.15, -0.1) is 0 Å². The number of aliphatic hydroxyl groups excluding tert-OH is 1. The fourth-order valence-corrected chi connectivity index (χ4v) is 2.46. The summed E-state index contributed by atoms with van der Waals surface area (Å²) in [6.07, 6.45) is 2.62. The molecule has 2 rings (SSSR count). The third-order valence-electron chi connectivity index (χ3n) is 3.54. The Morgan fingerprint density at radius 2 is 2.24 bits per heavy atom.